The Hall–Kier alpha value is -4.81. The summed E-state index contributed by atoms with van der Waals surface area (Å²) in [4.78, 5) is 63.1. The summed E-state index contributed by atoms with van der Waals surface area (Å²) in [5, 5.41) is 14.2. The van der Waals surface area contributed by atoms with Gasteiger partial charge in [-0.15, -0.1) is 0 Å². The normalized spacial score (nSPS) is 31.1. The highest BCUT2D eigenvalue weighted by Crippen LogP contribution is 2.52. The summed E-state index contributed by atoms with van der Waals surface area (Å²) in [5.74, 6) is -5.03. The summed E-state index contributed by atoms with van der Waals surface area (Å²) in [7, 11) is -3.08. The van der Waals surface area contributed by atoms with Crippen LogP contribution in [0.2, 0.25) is 0 Å². The minimum absolute atomic E-state index is 0.0161. The third-order valence-corrected chi connectivity index (χ3v) is 16.2. The summed E-state index contributed by atoms with van der Waals surface area (Å²) < 4.78 is 94.4. The van der Waals surface area contributed by atoms with Crippen LogP contribution in [0.25, 0.3) is 10.8 Å². The Bertz CT molecular complexity index is 2290. The first-order chi connectivity index (χ1) is 29.7. The van der Waals surface area contributed by atoms with Crippen molar-refractivity contribution in [3.8, 4) is 17.5 Å². The predicted octanol–water partition coefficient (Wildman–Crippen LogP) is 6.27. The van der Waals surface area contributed by atoms with Crippen molar-refractivity contribution in [1.29, 1.82) is 0 Å². The maximum Gasteiger partial charge on any atom is 0.408 e. The number of hydrogen-bond acceptors (Lipinski definition) is 10. The van der Waals surface area contributed by atoms with Gasteiger partial charge in [0, 0.05) is 29.3 Å². The lowest BCUT2D eigenvalue weighted by Gasteiger charge is -2.43. The average Bonchev–Trinajstić information content (AvgIpc) is 4.17. The minimum Gasteiger partial charge on any atom is -0.497 e. The van der Waals surface area contributed by atoms with Crippen molar-refractivity contribution in [1.82, 2.24) is 24.8 Å². The van der Waals surface area contributed by atoms with Crippen molar-refractivity contribution in [3.63, 3.8) is 0 Å². The molecule has 3 fully saturated rings. The second kappa shape index (κ2) is 17.0. The van der Waals surface area contributed by atoms with Gasteiger partial charge in [0.05, 0.1) is 13.7 Å². The van der Waals surface area contributed by atoms with Crippen molar-refractivity contribution in [2.45, 2.75) is 145 Å². The lowest BCUT2D eigenvalue weighted by atomic mass is 9.83. The lowest BCUT2D eigenvalue weighted by molar-refractivity contribution is -0.219. The molecular weight excluding hydrogens is 848 g/mol. The molecule has 8 atom stereocenters. The van der Waals surface area contributed by atoms with Crippen LogP contribution in [0.5, 0.6) is 17.5 Å². The Balaban J connectivity index is 1.37. The maximum atomic E-state index is 18.0. The number of pyridine rings is 1. The highest BCUT2D eigenvalue weighted by atomic mass is 32.2. The predicted molar refractivity (Wildman–Crippen MR) is 225 cm³/mol. The molecule has 2 aliphatic carbocycles. The number of sulfonamides is 1. The quantitative estimate of drug-likeness (QED) is 0.170. The van der Waals surface area contributed by atoms with Crippen LogP contribution in [-0.4, -0.2) is 113 Å². The molecule has 15 nitrogen and oxygen atoms in total. The van der Waals surface area contributed by atoms with Gasteiger partial charge in [0.2, 0.25) is 27.7 Å². The molecule has 2 saturated carbocycles. The summed E-state index contributed by atoms with van der Waals surface area (Å²) in [6, 6.07) is -3.99. The number of carbonyl (C=O) groups excluding carboxylic acids is 3. The zero-order valence-corrected chi connectivity index (χ0v) is 37.4. The molecule has 63 heavy (non-hydrogen) atoms. The Kier molecular flexibility index (Phi) is 12.4. The highest BCUT2D eigenvalue weighted by Gasteiger charge is 2.71. The second-order valence-electron chi connectivity index (χ2n) is 18.3. The third-order valence-electron chi connectivity index (χ3n) is 14.1. The Labute approximate surface area is 365 Å². The Morgan fingerprint density at radius 1 is 1.17 bits per heavy atom. The van der Waals surface area contributed by atoms with Crippen LogP contribution in [-0.2, 0) is 30.8 Å². The number of ether oxygens (including phenoxy) is 3. The molecule has 7 rings (SSSR count). The van der Waals surface area contributed by atoms with Crippen LogP contribution < -0.4 is 24.2 Å². The summed E-state index contributed by atoms with van der Waals surface area (Å²) >= 11 is 0. The fraction of sp³-hybridized carbons (Fsp3) is 0.659. The van der Waals surface area contributed by atoms with Crippen molar-refractivity contribution < 1.29 is 60.1 Å². The first kappa shape index (κ1) is 46.2. The number of rotatable bonds is 11. The summed E-state index contributed by atoms with van der Waals surface area (Å²) in [6.07, 6.45) is 3.95. The zero-order chi connectivity index (χ0) is 45.9. The molecule has 346 valence electrons. The highest BCUT2D eigenvalue weighted by molar-refractivity contribution is 7.91. The molecule has 19 heteroatoms. The van der Waals surface area contributed by atoms with E-state index in [4.69, 9.17) is 14.2 Å². The SMILES string of the molecule is CCC(C)N(C(=O)O)[C@@H]1C(=O)N2[C@@H](C[C@@](C)(Oc3nc4c(c5cc(OC)ccc35)CCCO4)C2(F)F)C(=O)N[C@]2(C(=O)NS(=O)(=O)C3(CF)CC3)C[C@H]2/C=C\CC[C@@H](C)C[C@H]1CC. The number of aryl methyl sites for hydroxylation is 1. The lowest BCUT2D eigenvalue weighted by Crippen LogP contribution is -2.65. The van der Waals surface area contributed by atoms with E-state index in [2.05, 4.69) is 10.3 Å². The van der Waals surface area contributed by atoms with Gasteiger partial charge in [0.25, 0.3) is 11.8 Å². The molecule has 1 unspecified atom stereocenters. The second-order valence-corrected chi connectivity index (χ2v) is 20.4. The van der Waals surface area contributed by atoms with E-state index in [1.165, 1.54) is 7.11 Å². The molecular formula is C44H58F3N5O10S. The van der Waals surface area contributed by atoms with E-state index in [0.717, 1.165) is 11.8 Å². The van der Waals surface area contributed by atoms with Crippen LogP contribution in [0.3, 0.4) is 0 Å². The first-order valence-electron chi connectivity index (χ1n) is 21.9. The number of aromatic nitrogens is 1. The standard InChI is InChI=1S/C44H58F3N5O10S/c1-7-26(4)51(40(56)57)34-27(8-2)20-25(3)12-9-10-13-28-22-43(28,39(55)50-63(58,59)42(24-45)17-18-42)49-35(53)33-23-41(5,44(46,47)52(33)38(34)54)62-37-31-16-15-29(60-6)21-32(31)30-14-11-19-61-36(30)48-37/h10,13,15-16,21,25-28,33-34H,7-9,11-12,14,17-20,22-24H2,1-6H3,(H,49,53)(H,50,55)(H,56,57)/b13-10-/t25-,26?,27-,28-,33+,34+,41-,43-/m1/s1. The number of benzene rings is 1. The van der Waals surface area contributed by atoms with Gasteiger partial charge in [0.15, 0.2) is 5.60 Å². The first-order valence-corrected chi connectivity index (χ1v) is 23.4. The van der Waals surface area contributed by atoms with E-state index in [-0.39, 0.29) is 61.1 Å². The van der Waals surface area contributed by atoms with Crippen LogP contribution in [0.4, 0.5) is 18.0 Å². The molecule has 0 spiro atoms. The Morgan fingerprint density at radius 3 is 2.54 bits per heavy atom. The van der Waals surface area contributed by atoms with E-state index in [1.807, 2.05) is 11.6 Å². The van der Waals surface area contributed by atoms with Crippen molar-refractivity contribution in [2.75, 3.05) is 20.4 Å². The van der Waals surface area contributed by atoms with E-state index in [9.17, 15) is 32.3 Å². The van der Waals surface area contributed by atoms with Gasteiger partial charge in [-0.05, 0) is 107 Å². The van der Waals surface area contributed by atoms with Gasteiger partial charge < -0.3 is 24.6 Å². The topological polar surface area (TPSA) is 194 Å². The van der Waals surface area contributed by atoms with Crippen LogP contribution >= 0.6 is 0 Å². The average molecular weight is 906 g/mol. The number of nitrogens with zero attached hydrogens (tertiary/aromatic N) is 3. The number of nitrogens with one attached hydrogen (secondary N) is 2. The van der Waals surface area contributed by atoms with Crippen LogP contribution in [0.1, 0.15) is 104 Å². The van der Waals surface area contributed by atoms with Crippen molar-refractivity contribution in [2.24, 2.45) is 17.8 Å². The summed E-state index contributed by atoms with van der Waals surface area (Å²) in [5.41, 5.74) is -3.97. The van der Waals surface area contributed by atoms with Crippen LogP contribution in [0.15, 0.2) is 30.4 Å². The molecule has 1 saturated heterocycles. The molecule has 0 radical (unpaired) electrons. The van der Waals surface area contributed by atoms with Gasteiger partial charge in [-0.3, -0.25) is 28.9 Å². The smallest absolute Gasteiger partial charge is 0.408 e. The van der Waals surface area contributed by atoms with E-state index in [0.29, 0.717) is 54.4 Å². The largest absolute Gasteiger partial charge is 0.497 e. The number of amides is 4. The van der Waals surface area contributed by atoms with Gasteiger partial charge in [-0.25, -0.2) is 17.6 Å². The van der Waals surface area contributed by atoms with E-state index in [1.54, 1.807) is 51.1 Å². The number of hydrogen-bond donors (Lipinski definition) is 3. The molecule has 3 aliphatic heterocycles. The van der Waals surface area contributed by atoms with E-state index < -0.39 is 98.8 Å². The van der Waals surface area contributed by atoms with Crippen molar-refractivity contribution in [3.05, 3.63) is 35.9 Å². The molecule has 2 aromatic rings. The number of allylic oxidation sites excluding steroid dienone is 1. The fourth-order valence-corrected chi connectivity index (χ4v) is 11.0. The molecule has 5 aliphatic rings. The summed E-state index contributed by atoms with van der Waals surface area (Å²) in [6.45, 7) is 7.08. The third kappa shape index (κ3) is 8.04. The number of methoxy groups -OCH3 is 1. The molecule has 0 bridgehead atoms. The molecule has 3 N–H and O–H groups in total. The molecule has 4 heterocycles. The number of halogens is 3. The van der Waals surface area contributed by atoms with E-state index >= 15 is 13.6 Å². The number of fused-ring (bicyclic) bond motifs is 5. The number of alkyl halides is 3. The van der Waals surface area contributed by atoms with Crippen LogP contribution in [0, 0.1) is 17.8 Å². The maximum absolute atomic E-state index is 18.0. The monoisotopic (exact) mass is 905 g/mol. The molecule has 4 amide bonds. The van der Waals surface area contributed by atoms with Gasteiger partial charge in [-0.2, -0.15) is 13.8 Å². The van der Waals surface area contributed by atoms with Gasteiger partial charge in [-0.1, -0.05) is 39.3 Å². The Morgan fingerprint density at radius 2 is 1.90 bits per heavy atom. The zero-order valence-electron chi connectivity index (χ0n) is 36.5. The minimum atomic E-state index is -4.56. The number of carboxylic acid groups (broad SMARTS) is 1. The fourth-order valence-electron chi connectivity index (χ4n) is 9.61. The molecule has 1 aromatic heterocycles. The van der Waals surface area contributed by atoms with Crippen molar-refractivity contribution >= 4 is 44.6 Å². The van der Waals surface area contributed by atoms with Gasteiger partial charge in [0.1, 0.15) is 34.8 Å². The molecule has 1 aromatic carbocycles. The van der Waals surface area contributed by atoms with Gasteiger partial charge >= 0.3 is 12.1 Å². The number of carbonyl (C=O) groups is 4.